The van der Waals surface area contributed by atoms with Crippen molar-refractivity contribution in [3.8, 4) is 0 Å². The van der Waals surface area contributed by atoms with Crippen LogP contribution in [0.3, 0.4) is 0 Å². The van der Waals surface area contributed by atoms with Crippen LogP contribution in [0.4, 0.5) is 14.6 Å². The lowest BCUT2D eigenvalue weighted by molar-refractivity contribution is -0.0882. The van der Waals surface area contributed by atoms with E-state index in [4.69, 9.17) is 0 Å². The maximum absolute atomic E-state index is 15.8. The first kappa shape index (κ1) is 29.2. The van der Waals surface area contributed by atoms with Gasteiger partial charge in [0.05, 0.1) is 11.4 Å². The Morgan fingerprint density at radius 2 is 1.71 bits per heavy atom. The van der Waals surface area contributed by atoms with Crippen LogP contribution in [0.25, 0.3) is 10.8 Å². The SMILES string of the molecule is CC1CC/C=C\CCCCn2cc3c(nn(C)c(=O)c3cc2=O)N[C@H](C)c2cccc(c2)C(F)(F)C2CCN1CC2. The number of anilines is 1. The van der Waals surface area contributed by atoms with Crippen LogP contribution in [0.1, 0.15) is 76.0 Å². The first-order valence-corrected chi connectivity index (χ1v) is 14.9. The van der Waals surface area contributed by atoms with E-state index in [0.717, 1.165) is 32.1 Å². The molecule has 9 heteroatoms. The maximum atomic E-state index is 15.8. The third kappa shape index (κ3) is 6.30. The monoisotopic (exact) mass is 565 g/mol. The Bertz CT molecular complexity index is 1520. The average molecular weight is 566 g/mol. The molecule has 0 spiro atoms. The molecular formula is C32H41F2N5O2. The largest absolute Gasteiger partial charge is 0.362 e. The molecule has 1 fully saturated rings. The van der Waals surface area contributed by atoms with Crippen LogP contribution >= 0.6 is 0 Å². The van der Waals surface area contributed by atoms with E-state index in [1.54, 1.807) is 29.9 Å². The molecule has 7 nitrogen and oxygen atoms in total. The van der Waals surface area contributed by atoms with Crippen molar-refractivity contribution in [1.29, 1.82) is 0 Å². The standard InChI is InChI=1S/C32H41F2N5O2/c1-22-11-8-6-4-5-7-9-16-39-21-28-27(20-29(39)40)31(41)37(3)36-30(28)35-23(2)24-12-10-13-26(19-24)32(33,34)25-14-17-38(22)18-15-25/h4,6,10,12-13,19-23,25H,5,7-9,11,14-18H2,1-3H3,(H,35,36)/b6-4-/t22?,23-/m1/s1. The number of rotatable bonds is 0. The van der Waals surface area contributed by atoms with Crippen molar-refractivity contribution in [2.75, 3.05) is 18.4 Å². The smallest absolute Gasteiger partial charge is 0.276 e. The highest BCUT2D eigenvalue weighted by molar-refractivity contribution is 5.90. The Balaban J connectivity index is 1.50. The van der Waals surface area contributed by atoms with Gasteiger partial charge in [0.1, 0.15) is 0 Å². The Morgan fingerprint density at radius 1 is 0.951 bits per heavy atom. The lowest BCUT2D eigenvalue weighted by Gasteiger charge is -2.39. The van der Waals surface area contributed by atoms with Gasteiger partial charge in [-0.3, -0.25) is 9.59 Å². The van der Waals surface area contributed by atoms with Crippen LogP contribution in [-0.4, -0.2) is 38.4 Å². The molecule has 3 aliphatic heterocycles. The first-order chi connectivity index (χ1) is 19.6. The van der Waals surface area contributed by atoms with E-state index < -0.39 is 11.8 Å². The lowest BCUT2D eigenvalue weighted by Crippen LogP contribution is -2.43. The summed E-state index contributed by atoms with van der Waals surface area (Å²) < 4.78 is 34.5. The van der Waals surface area contributed by atoms with E-state index in [1.165, 1.54) is 16.8 Å². The second-order valence-electron chi connectivity index (χ2n) is 11.7. The van der Waals surface area contributed by atoms with E-state index in [0.29, 0.717) is 55.3 Å². The number of hydrogen-bond donors (Lipinski definition) is 1. The van der Waals surface area contributed by atoms with Gasteiger partial charge < -0.3 is 14.8 Å². The second-order valence-corrected chi connectivity index (χ2v) is 11.7. The fourth-order valence-corrected chi connectivity index (χ4v) is 6.19. The molecule has 2 aromatic heterocycles. The number of nitrogens with one attached hydrogen (secondary N) is 1. The summed E-state index contributed by atoms with van der Waals surface area (Å²) in [7, 11) is 1.54. The molecule has 1 N–H and O–H groups in total. The molecule has 1 saturated heterocycles. The number of benzene rings is 1. The molecular weight excluding hydrogens is 524 g/mol. The topological polar surface area (TPSA) is 72.2 Å². The Kier molecular flexibility index (Phi) is 8.73. The summed E-state index contributed by atoms with van der Waals surface area (Å²) in [4.78, 5) is 28.1. The number of nitrogens with zero attached hydrogens (tertiary/aromatic N) is 4. The fraction of sp³-hybridized carbons (Fsp3) is 0.531. The van der Waals surface area contributed by atoms with Gasteiger partial charge >= 0.3 is 0 Å². The zero-order valence-corrected chi connectivity index (χ0v) is 24.3. The molecule has 1 aromatic carbocycles. The van der Waals surface area contributed by atoms with Gasteiger partial charge in [0.15, 0.2) is 5.82 Å². The third-order valence-corrected chi connectivity index (χ3v) is 8.88. The summed E-state index contributed by atoms with van der Waals surface area (Å²) in [6.45, 7) is 6.00. The molecule has 3 aliphatic rings. The van der Waals surface area contributed by atoms with Gasteiger partial charge in [0.2, 0.25) is 0 Å². The third-order valence-electron chi connectivity index (χ3n) is 8.88. The summed E-state index contributed by atoms with van der Waals surface area (Å²) in [5.41, 5.74) is 0.156. The molecule has 41 heavy (non-hydrogen) atoms. The van der Waals surface area contributed by atoms with Crippen molar-refractivity contribution in [2.45, 2.75) is 83.3 Å². The molecule has 2 atom stereocenters. The van der Waals surface area contributed by atoms with E-state index in [2.05, 4.69) is 34.4 Å². The van der Waals surface area contributed by atoms with E-state index in [-0.39, 0.29) is 28.1 Å². The highest BCUT2D eigenvalue weighted by Gasteiger charge is 2.43. The molecule has 0 aliphatic carbocycles. The summed E-state index contributed by atoms with van der Waals surface area (Å²) in [5, 5.41) is 8.61. The Hall–Kier alpha value is -3.33. The summed E-state index contributed by atoms with van der Waals surface area (Å²) in [6.07, 6.45) is 11.7. The molecule has 220 valence electrons. The molecule has 0 radical (unpaired) electrons. The molecule has 3 aromatic rings. The quantitative estimate of drug-likeness (QED) is 0.340. The molecule has 0 amide bonds. The van der Waals surface area contributed by atoms with Crippen LogP contribution in [-0.2, 0) is 19.5 Å². The number of aryl methyl sites for hydroxylation is 2. The minimum absolute atomic E-state index is 0.0331. The Labute approximate surface area is 239 Å². The second kappa shape index (κ2) is 12.3. The number of allylic oxidation sites excluding steroid dienone is 2. The van der Waals surface area contributed by atoms with Crippen LogP contribution < -0.4 is 16.4 Å². The summed E-state index contributed by atoms with van der Waals surface area (Å²) in [5.74, 6) is -3.19. The average Bonchev–Trinajstić information content (AvgIpc) is 2.97. The number of halogens is 2. The van der Waals surface area contributed by atoms with Gasteiger partial charge in [0, 0.05) is 48.8 Å². The van der Waals surface area contributed by atoms with Gasteiger partial charge in [-0.1, -0.05) is 30.4 Å². The fourth-order valence-electron chi connectivity index (χ4n) is 6.19. The van der Waals surface area contributed by atoms with Crippen molar-refractivity contribution >= 4 is 16.6 Å². The Morgan fingerprint density at radius 3 is 2.49 bits per heavy atom. The van der Waals surface area contributed by atoms with E-state index in [9.17, 15) is 9.59 Å². The van der Waals surface area contributed by atoms with Crippen LogP contribution in [0.15, 0.2) is 58.3 Å². The van der Waals surface area contributed by atoms with Crippen LogP contribution in [0, 0.1) is 5.92 Å². The zero-order chi connectivity index (χ0) is 29.1. The van der Waals surface area contributed by atoms with Crippen LogP contribution in [0.5, 0.6) is 0 Å². The number of pyridine rings is 1. The van der Waals surface area contributed by atoms with Crippen molar-refractivity contribution in [1.82, 2.24) is 19.2 Å². The zero-order valence-electron chi connectivity index (χ0n) is 24.3. The number of alkyl halides is 2. The summed E-state index contributed by atoms with van der Waals surface area (Å²) >= 11 is 0. The highest BCUT2D eigenvalue weighted by Crippen LogP contribution is 2.42. The number of fused-ring (bicyclic) bond motifs is 10. The van der Waals surface area contributed by atoms with Crippen molar-refractivity contribution in [3.05, 3.63) is 80.5 Å². The van der Waals surface area contributed by atoms with Gasteiger partial charge in [-0.2, -0.15) is 5.10 Å². The lowest BCUT2D eigenvalue weighted by atomic mass is 9.85. The summed E-state index contributed by atoms with van der Waals surface area (Å²) in [6, 6.07) is 8.01. The number of hydrogen-bond acceptors (Lipinski definition) is 5. The maximum Gasteiger partial charge on any atom is 0.276 e. The predicted octanol–water partition coefficient (Wildman–Crippen LogP) is 5.98. The van der Waals surface area contributed by atoms with E-state index >= 15 is 8.78 Å². The molecule has 6 bridgehead atoms. The van der Waals surface area contributed by atoms with Gasteiger partial charge in [0.25, 0.3) is 17.0 Å². The molecule has 5 heterocycles. The van der Waals surface area contributed by atoms with E-state index in [1.807, 2.05) is 13.0 Å². The predicted molar refractivity (Wildman–Crippen MR) is 160 cm³/mol. The van der Waals surface area contributed by atoms with Crippen LogP contribution in [0.2, 0.25) is 0 Å². The first-order valence-electron chi connectivity index (χ1n) is 14.9. The van der Waals surface area contributed by atoms with Crippen molar-refractivity contribution in [3.63, 3.8) is 0 Å². The molecule has 6 rings (SSSR count). The van der Waals surface area contributed by atoms with Crippen molar-refractivity contribution in [2.24, 2.45) is 13.0 Å². The number of aromatic nitrogens is 3. The minimum atomic E-state index is -2.93. The highest BCUT2D eigenvalue weighted by atomic mass is 19.3. The number of piperidine rings is 1. The molecule has 0 saturated carbocycles. The normalized spacial score (nSPS) is 26.5. The minimum Gasteiger partial charge on any atom is -0.362 e. The van der Waals surface area contributed by atoms with Gasteiger partial charge in [-0.05, 0) is 83.5 Å². The van der Waals surface area contributed by atoms with Crippen molar-refractivity contribution < 1.29 is 8.78 Å². The van der Waals surface area contributed by atoms with Gasteiger partial charge in [-0.25, -0.2) is 13.5 Å². The van der Waals surface area contributed by atoms with Gasteiger partial charge in [-0.15, -0.1) is 0 Å². The molecule has 1 unspecified atom stereocenters.